The fourth-order valence-corrected chi connectivity index (χ4v) is 1.97. The molecule has 0 saturated carbocycles. The molecule has 242 valence electrons. The molecule has 41 heavy (non-hydrogen) atoms. The van der Waals surface area contributed by atoms with Gasteiger partial charge in [0, 0.05) is 0 Å². The molecule has 0 aliphatic heterocycles. The predicted molar refractivity (Wildman–Crippen MR) is 180 cm³/mol. The Morgan fingerprint density at radius 2 is 0.976 bits per heavy atom. The van der Waals surface area contributed by atoms with Crippen molar-refractivity contribution in [1.29, 1.82) is 0 Å². The van der Waals surface area contributed by atoms with Gasteiger partial charge in [-0.25, -0.2) is 0 Å². The van der Waals surface area contributed by atoms with Crippen LogP contribution in [0.4, 0.5) is 0 Å². The third kappa shape index (κ3) is 67.4. The highest BCUT2D eigenvalue weighted by Crippen LogP contribution is 2.00. The average molecular weight is 583 g/mol. The molecule has 0 rings (SSSR count). The second-order valence-corrected chi connectivity index (χ2v) is 8.84. The number of hydrogen-bond donors (Lipinski definition) is 4. The summed E-state index contributed by atoms with van der Waals surface area (Å²) in [7, 11) is 0. The Morgan fingerprint density at radius 1 is 0.610 bits per heavy atom. The quantitative estimate of drug-likeness (QED) is 0.113. The monoisotopic (exact) mass is 582 g/mol. The van der Waals surface area contributed by atoms with Gasteiger partial charge in [0.15, 0.2) is 5.78 Å². The predicted octanol–water partition coefficient (Wildman–Crippen LogP) is 7.74. The molecule has 0 aromatic heterocycles. The van der Waals surface area contributed by atoms with E-state index in [-0.39, 0.29) is 18.5 Å². The van der Waals surface area contributed by atoms with Crippen molar-refractivity contribution in [1.82, 2.24) is 0 Å². The minimum Gasteiger partial charge on any atom is -0.393 e. The lowest BCUT2D eigenvalue weighted by Gasteiger charge is -1.95. The van der Waals surface area contributed by atoms with E-state index in [1.54, 1.807) is 45.1 Å². The van der Waals surface area contributed by atoms with Crippen LogP contribution < -0.4 is 0 Å². The number of Topliss-reactive ketones (excluding diaryl/α,β-unsaturated/α-hetero) is 1. The van der Waals surface area contributed by atoms with Gasteiger partial charge >= 0.3 is 0 Å². The molecule has 0 aliphatic rings. The third-order valence-electron chi connectivity index (χ3n) is 4.83. The number of aliphatic hydroxyl groups is 4. The van der Waals surface area contributed by atoms with Gasteiger partial charge in [0.05, 0.1) is 18.8 Å². The molecule has 6 heteroatoms. The van der Waals surface area contributed by atoms with Crippen molar-refractivity contribution in [2.75, 3.05) is 6.61 Å². The Morgan fingerprint density at radius 3 is 1.07 bits per heavy atom. The minimum absolute atomic E-state index is 0.190. The van der Waals surface area contributed by atoms with E-state index in [2.05, 4.69) is 65.8 Å². The Labute approximate surface area is 254 Å². The van der Waals surface area contributed by atoms with E-state index in [1.165, 1.54) is 38.0 Å². The molecular formula is C35H66O6. The highest BCUT2D eigenvalue weighted by Gasteiger charge is 2.01. The van der Waals surface area contributed by atoms with Crippen LogP contribution in [0.1, 0.15) is 102 Å². The van der Waals surface area contributed by atoms with Crippen LogP contribution >= 0.6 is 0 Å². The normalized spacial score (nSPS) is 14.3. The van der Waals surface area contributed by atoms with Crippen LogP contribution in [-0.4, -0.2) is 57.4 Å². The molecule has 0 fully saturated rings. The van der Waals surface area contributed by atoms with E-state index in [4.69, 9.17) is 20.4 Å². The van der Waals surface area contributed by atoms with E-state index in [9.17, 15) is 9.59 Å². The fraction of sp³-hybridized carbons (Fsp3) is 0.600. The standard InChI is InChI=1S/2C7H14.C6H10O2.C6H12O.C5H10O2.C4H6O/c2*1-4-6-7(3)5-2;1-3-4-6(8)5(2)7;1-3-5-6(7)4-2;1-2-3-5(7)4-6;1-2-3-4-5/h2*4,6-7H,5H2,1-3H3;3-4,6,8H,1-2H3;3,5-7H,4H2,1-2H3;2-3,5-7H,4H2,1H3;2-4H,1H3/b2*6-4+;4-3+;5-3+;2*3-2+/t2*7-;2*6-;5-;/m10101./s1. The zero-order valence-electron chi connectivity index (χ0n) is 28.3. The van der Waals surface area contributed by atoms with Crippen LogP contribution in [0, 0.1) is 11.8 Å². The molecule has 5 atom stereocenters. The summed E-state index contributed by atoms with van der Waals surface area (Å²) in [5, 5.41) is 34.1. The van der Waals surface area contributed by atoms with Gasteiger partial charge in [-0.15, -0.1) is 0 Å². The van der Waals surface area contributed by atoms with Gasteiger partial charge in [0.25, 0.3) is 0 Å². The number of aldehydes is 1. The van der Waals surface area contributed by atoms with Gasteiger partial charge < -0.3 is 20.4 Å². The lowest BCUT2D eigenvalue weighted by Crippen LogP contribution is -2.12. The highest BCUT2D eigenvalue weighted by molar-refractivity contribution is 5.81. The topological polar surface area (TPSA) is 115 Å². The van der Waals surface area contributed by atoms with Crippen LogP contribution in [0.25, 0.3) is 0 Å². The molecule has 4 N–H and O–H groups in total. The second-order valence-electron chi connectivity index (χ2n) is 8.84. The largest absolute Gasteiger partial charge is 0.393 e. The summed E-state index contributed by atoms with van der Waals surface area (Å²) in [5.41, 5.74) is 0. The van der Waals surface area contributed by atoms with E-state index < -0.39 is 12.2 Å². The van der Waals surface area contributed by atoms with Gasteiger partial charge in [0.1, 0.15) is 12.4 Å². The zero-order valence-corrected chi connectivity index (χ0v) is 28.3. The molecule has 0 amide bonds. The van der Waals surface area contributed by atoms with Crippen LogP contribution in [-0.2, 0) is 9.59 Å². The first kappa shape index (κ1) is 51.4. The molecule has 0 bridgehead atoms. The number of ketones is 1. The summed E-state index contributed by atoms with van der Waals surface area (Å²) < 4.78 is 0. The molecule has 0 saturated heterocycles. The maximum absolute atomic E-state index is 10.2. The van der Waals surface area contributed by atoms with Crippen LogP contribution in [0.5, 0.6) is 0 Å². The summed E-state index contributed by atoms with van der Waals surface area (Å²) >= 11 is 0. The SMILES string of the molecule is C/C=C/C=O.C/C=C/[C@@H](C)CC.C/C=C/[C@@H](O)C(C)=O.C/C=C/[C@@H](O)CC.C/C=C/[C@@H](O)CO.C/C=C/[C@H](C)CC. The average Bonchev–Trinajstić information content (AvgIpc) is 2.95. The number of rotatable bonds is 11. The summed E-state index contributed by atoms with van der Waals surface area (Å²) in [6.07, 6.45) is 24.0. The first-order valence-electron chi connectivity index (χ1n) is 14.7. The maximum atomic E-state index is 10.2. The highest BCUT2D eigenvalue weighted by atomic mass is 16.3. The summed E-state index contributed by atoms with van der Waals surface area (Å²) in [6.45, 7) is 23.3. The van der Waals surface area contributed by atoms with E-state index >= 15 is 0 Å². The molecule has 0 aromatic carbocycles. The Balaban J connectivity index is -0.0000000900. The summed E-state index contributed by atoms with van der Waals surface area (Å²) in [6, 6.07) is 0. The van der Waals surface area contributed by atoms with E-state index in [0.717, 1.165) is 24.5 Å². The smallest absolute Gasteiger partial charge is 0.162 e. The summed E-state index contributed by atoms with van der Waals surface area (Å²) in [4.78, 5) is 19.6. The Kier molecular flexibility index (Phi) is 59.4. The molecule has 6 nitrogen and oxygen atoms in total. The van der Waals surface area contributed by atoms with Gasteiger partial charge in [-0.3, -0.25) is 9.59 Å². The molecule has 0 spiro atoms. The minimum atomic E-state index is -0.903. The third-order valence-corrected chi connectivity index (χ3v) is 4.83. The van der Waals surface area contributed by atoms with Crippen LogP contribution in [0.3, 0.4) is 0 Å². The van der Waals surface area contributed by atoms with Gasteiger partial charge in [-0.1, -0.05) is 114 Å². The Bertz CT molecular complexity index is 602. The molecular weight excluding hydrogens is 516 g/mol. The van der Waals surface area contributed by atoms with E-state index in [1.807, 2.05) is 19.9 Å². The number of aliphatic hydroxyl groups excluding tert-OH is 4. The molecule has 0 unspecified atom stereocenters. The van der Waals surface area contributed by atoms with Crippen molar-refractivity contribution < 1.29 is 30.0 Å². The van der Waals surface area contributed by atoms with Gasteiger partial charge in [-0.05, 0) is 72.8 Å². The van der Waals surface area contributed by atoms with Gasteiger partial charge in [-0.2, -0.15) is 0 Å². The van der Waals surface area contributed by atoms with Crippen molar-refractivity contribution in [2.45, 2.75) is 121 Å². The second kappa shape index (κ2) is 47.4. The number of hydrogen-bond acceptors (Lipinski definition) is 6. The molecule has 0 radical (unpaired) electrons. The number of carbonyl (C=O) groups is 2. The van der Waals surface area contributed by atoms with Crippen molar-refractivity contribution in [3.63, 3.8) is 0 Å². The first-order valence-corrected chi connectivity index (χ1v) is 14.7. The maximum Gasteiger partial charge on any atom is 0.162 e. The van der Waals surface area contributed by atoms with Crippen LogP contribution in [0.15, 0.2) is 72.9 Å². The fourth-order valence-electron chi connectivity index (χ4n) is 1.97. The summed E-state index contributed by atoms with van der Waals surface area (Å²) in [5.74, 6) is 1.32. The van der Waals surface area contributed by atoms with Crippen molar-refractivity contribution in [3.05, 3.63) is 72.9 Å². The van der Waals surface area contributed by atoms with E-state index in [0.29, 0.717) is 0 Å². The zero-order chi connectivity index (χ0) is 33.5. The number of allylic oxidation sites excluding steroid dienone is 9. The lowest BCUT2D eigenvalue weighted by atomic mass is 10.1. The number of carbonyl (C=O) groups excluding carboxylic acids is 2. The van der Waals surface area contributed by atoms with Gasteiger partial charge in [0.2, 0.25) is 0 Å². The molecule has 0 heterocycles. The first-order chi connectivity index (χ1) is 19.3. The van der Waals surface area contributed by atoms with Crippen molar-refractivity contribution in [3.8, 4) is 0 Å². The van der Waals surface area contributed by atoms with Crippen molar-refractivity contribution in [2.24, 2.45) is 11.8 Å². The molecule has 0 aliphatic carbocycles. The lowest BCUT2D eigenvalue weighted by molar-refractivity contribution is -0.122. The van der Waals surface area contributed by atoms with Crippen LogP contribution in [0.2, 0.25) is 0 Å². The molecule has 0 aromatic rings. The van der Waals surface area contributed by atoms with Crippen molar-refractivity contribution >= 4 is 12.1 Å². The Hall–Kier alpha value is -2.38.